The van der Waals surface area contributed by atoms with Crippen LogP contribution in [0.4, 0.5) is 5.82 Å². The Hall–Kier alpha value is -3.01. The molecule has 1 aliphatic heterocycles. The summed E-state index contributed by atoms with van der Waals surface area (Å²) in [4.78, 5) is 32.6. The van der Waals surface area contributed by atoms with Crippen molar-refractivity contribution in [2.45, 2.75) is 6.42 Å². The predicted molar refractivity (Wildman–Crippen MR) is 132 cm³/mol. The summed E-state index contributed by atoms with van der Waals surface area (Å²) in [5, 5.41) is 3.28. The molecule has 1 aromatic carbocycles. The number of hydrogen-bond acceptors (Lipinski definition) is 7. The summed E-state index contributed by atoms with van der Waals surface area (Å²) in [6.07, 6.45) is 4.03. The maximum absolute atomic E-state index is 13.3. The molecule has 2 aromatic heterocycles. The highest BCUT2D eigenvalue weighted by Gasteiger charge is 2.32. The van der Waals surface area contributed by atoms with Crippen molar-refractivity contribution >= 4 is 51.7 Å². The van der Waals surface area contributed by atoms with E-state index < -0.39 is 0 Å². The molecule has 0 spiro atoms. The third-order valence-electron chi connectivity index (χ3n) is 4.99. The molecule has 0 aliphatic carbocycles. The zero-order valence-electron chi connectivity index (χ0n) is 17.5. The molecule has 3 aromatic rings. The lowest BCUT2D eigenvalue weighted by atomic mass is 10.1. The average Bonchev–Trinajstić information content (AvgIpc) is 3.07. The number of methoxy groups -OCH3 is 1. The molecule has 4 rings (SSSR count). The second-order valence-corrected chi connectivity index (χ2v) is 8.77. The van der Waals surface area contributed by atoms with Gasteiger partial charge in [0.25, 0.3) is 11.5 Å². The number of thioether (sulfide) groups is 1. The van der Waals surface area contributed by atoms with Crippen LogP contribution in [0.3, 0.4) is 0 Å². The SMILES string of the molecule is COCCN1C(=O)/C(=C\c2c(NCCc3ccccc3)nc3ccccn3c2=O)SC1=S. The Bertz CT molecular complexity index is 1240. The molecule has 164 valence electrons. The van der Waals surface area contributed by atoms with Crippen molar-refractivity contribution in [1.29, 1.82) is 0 Å². The summed E-state index contributed by atoms with van der Waals surface area (Å²) in [5.41, 5.74) is 1.79. The predicted octanol–water partition coefficient (Wildman–Crippen LogP) is 3.20. The van der Waals surface area contributed by atoms with Gasteiger partial charge in [0.05, 0.1) is 23.6 Å². The van der Waals surface area contributed by atoms with E-state index in [1.807, 2.05) is 24.3 Å². The fourth-order valence-corrected chi connectivity index (χ4v) is 4.63. The highest BCUT2D eigenvalue weighted by molar-refractivity contribution is 8.26. The summed E-state index contributed by atoms with van der Waals surface area (Å²) >= 11 is 6.53. The lowest BCUT2D eigenvalue weighted by Gasteiger charge is -2.13. The van der Waals surface area contributed by atoms with Crippen molar-refractivity contribution in [2.75, 3.05) is 32.1 Å². The summed E-state index contributed by atoms with van der Waals surface area (Å²) in [6, 6.07) is 15.4. The van der Waals surface area contributed by atoms with Crippen LogP contribution in [0.25, 0.3) is 11.7 Å². The Morgan fingerprint density at radius 2 is 1.94 bits per heavy atom. The molecule has 3 heterocycles. The Morgan fingerprint density at radius 1 is 1.16 bits per heavy atom. The van der Waals surface area contributed by atoms with Crippen molar-refractivity contribution in [3.05, 3.63) is 81.1 Å². The minimum atomic E-state index is -0.250. The van der Waals surface area contributed by atoms with E-state index in [0.29, 0.717) is 46.0 Å². The Balaban J connectivity index is 1.67. The van der Waals surface area contributed by atoms with Crippen molar-refractivity contribution in [3.63, 3.8) is 0 Å². The highest BCUT2D eigenvalue weighted by Crippen LogP contribution is 2.32. The van der Waals surface area contributed by atoms with Gasteiger partial charge in [-0.3, -0.25) is 18.9 Å². The van der Waals surface area contributed by atoms with Crippen LogP contribution in [0.1, 0.15) is 11.1 Å². The molecule has 0 saturated carbocycles. The number of fused-ring (bicyclic) bond motifs is 1. The van der Waals surface area contributed by atoms with Crippen molar-refractivity contribution in [1.82, 2.24) is 14.3 Å². The fourth-order valence-electron chi connectivity index (χ4n) is 3.34. The lowest BCUT2D eigenvalue weighted by Crippen LogP contribution is -2.31. The number of hydrogen-bond donors (Lipinski definition) is 1. The van der Waals surface area contributed by atoms with Gasteiger partial charge in [-0.05, 0) is 30.2 Å². The van der Waals surface area contributed by atoms with E-state index in [0.717, 1.165) is 6.42 Å². The number of ether oxygens (including phenoxy) is 1. The summed E-state index contributed by atoms with van der Waals surface area (Å²) in [7, 11) is 1.57. The molecule has 0 bridgehead atoms. The molecule has 1 saturated heterocycles. The van der Waals surface area contributed by atoms with E-state index in [9.17, 15) is 9.59 Å². The van der Waals surface area contributed by atoms with Gasteiger partial charge < -0.3 is 10.1 Å². The fraction of sp³-hybridized carbons (Fsp3) is 0.217. The van der Waals surface area contributed by atoms with Gasteiger partial charge in [0, 0.05) is 19.9 Å². The number of nitrogens with zero attached hydrogens (tertiary/aromatic N) is 3. The van der Waals surface area contributed by atoms with Gasteiger partial charge >= 0.3 is 0 Å². The van der Waals surface area contributed by atoms with E-state index in [4.69, 9.17) is 17.0 Å². The number of nitrogens with one attached hydrogen (secondary N) is 1. The molecule has 1 aliphatic rings. The van der Waals surface area contributed by atoms with Crippen LogP contribution in [0.5, 0.6) is 0 Å². The maximum atomic E-state index is 13.3. The maximum Gasteiger partial charge on any atom is 0.267 e. The average molecular weight is 467 g/mol. The molecule has 7 nitrogen and oxygen atoms in total. The molecule has 1 amide bonds. The van der Waals surface area contributed by atoms with Crippen LogP contribution in [-0.2, 0) is 16.0 Å². The normalized spacial score (nSPS) is 15.2. The number of amides is 1. The first kappa shape index (κ1) is 22.2. The Kier molecular flexibility index (Phi) is 6.99. The molecule has 0 radical (unpaired) electrons. The van der Waals surface area contributed by atoms with E-state index in [1.165, 1.54) is 26.6 Å². The monoisotopic (exact) mass is 466 g/mol. The van der Waals surface area contributed by atoms with Crippen LogP contribution in [-0.4, -0.2) is 51.3 Å². The van der Waals surface area contributed by atoms with Gasteiger partial charge in [-0.25, -0.2) is 4.98 Å². The first-order valence-electron chi connectivity index (χ1n) is 10.1. The van der Waals surface area contributed by atoms with E-state index in [1.54, 1.807) is 31.5 Å². The molecule has 1 fully saturated rings. The van der Waals surface area contributed by atoms with E-state index in [2.05, 4.69) is 22.4 Å². The van der Waals surface area contributed by atoms with Crippen molar-refractivity contribution in [2.24, 2.45) is 0 Å². The number of pyridine rings is 1. The van der Waals surface area contributed by atoms with Gasteiger partial charge in [0.15, 0.2) is 0 Å². The van der Waals surface area contributed by atoms with Gasteiger partial charge in [0.2, 0.25) is 0 Å². The largest absolute Gasteiger partial charge is 0.383 e. The zero-order valence-corrected chi connectivity index (χ0v) is 19.1. The molecule has 9 heteroatoms. The van der Waals surface area contributed by atoms with Crippen molar-refractivity contribution < 1.29 is 9.53 Å². The molecule has 1 N–H and O–H groups in total. The third-order valence-corrected chi connectivity index (χ3v) is 6.36. The number of aromatic nitrogens is 2. The summed E-state index contributed by atoms with van der Waals surface area (Å²) in [5.74, 6) is 0.212. The molecule has 0 unspecified atom stereocenters. The topological polar surface area (TPSA) is 75.9 Å². The highest BCUT2D eigenvalue weighted by atomic mass is 32.2. The van der Waals surface area contributed by atoms with E-state index >= 15 is 0 Å². The molecular formula is C23H22N4O3S2. The number of thiocarbonyl (C=S) groups is 1. The molecular weight excluding hydrogens is 444 g/mol. The minimum absolute atomic E-state index is 0.232. The number of carbonyl (C=O) groups is 1. The van der Waals surface area contributed by atoms with Gasteiger partial charge in [-0.1, -0.05) is 60.4 Å². The van der Waals surface area contributed by atoms with E-state index in [-0.39, 0.29) is 11.5 Å². The first-order chi connectivity index (χ1) is 15.6. The number of rotatable bonds is 8. The molecule has 0 atom stereocenters. The minimum Gasteiger partial charge on any atom is -0.383 e. The van der Waals surface area contributed by atoms with Crippen molar-refractivity contribution in [3.8, 4) is 0 Å². The third kappa shape index (κ3) is 4.74. The zero-order chi connectivity index (χ0) is 22.5. The van der Waals surface area contributed by atoms with Crippen LogP contribution in [0.2, 0.25) is 0 Å². The van der Waals surface area contributed by atoms with Gasteiger partial charge in [-0.2, -0.15) is 0 Å². The van der Waals surface area contributed by atoms with Gasteiger partial charge in [0.1, 0.15) is 15.8 Å². The molecule has 32 heavy (non-hydrogen) atoms. The van der Waals surface area contributed by atoms with Crippen LogP contribution < -0.4 is 10.9 Å². The lowest BCUT2D eigenvalue weighted by molar-refractivity contribution is -0.122. The summed E-state index contributed by atoms with van der Waals surface area (Å²) < 4.78 is 6.99. The Labute approximate surface area is 195 Å². The second kappa shape index (κ2) is 10.1. The standard InChI is InChI=1S/C23H22N4O3S2/c1-30-14-13-27-22(29)18(32-23(27)31)15-17-20(24-11-10-16-7-3-2-4-8-16)25-19-9-5-6-12-26(19)21(17)28/h2-9,12,15,24H,10-11,13-14H2,1H3/b18-15+. The smallest absolute Gasteiger partial charge is 0.267 e. The quantitative estimate of drug-likeness (QED) is 0.404. The number of anilines is 1. The Morgan fingerprint density at radius 3 is 2.72 bits per heavy atom. The van der Waals surface area contributed by atoms with Gasteiger partial charge in [-0.15, -0.1) is 0 Å². The second-order valence-electron chi connectivity index (χ2n) is 7.10. The summed E-state index contributed by atoms with van der Waals surface area (Å²) in [6.45, 7) is 1.34. The number of benzene rings is 1. The number of carbonyl (C=O) groups excluding carboxylic acids is 1. The van der Waals surface area contributed by atoms with Crippen LogP contribution in [0.15, 0.2) is 64.4 Å². The van der Waals surface area contributed by atoms with Crippen LogP contribution >= 0.6 is 24.0 Å². The van der Waals surface area contributed by atoms with Crippen LogP contribution in [0, 0.1) is 0 Å². The first-order valence-corrected chi connectivity index (χ1v) is 11.3.